The number of aromatic nitrogens is 2. The lowest BCUT2D eigenvalue weighted by atomic mass is 10.2. The van der Waals surface area contributed by atoms with Crippen LogP contribution >= 0.6 is 0 Å². The minimum Gasteiger partial charge on any atom is -0.493 e. The Morgan fingerprint density at radius 1 is 1.13 bits per heavy atom. The summed E-state index contributed by atoms with van der Waals surface area (Å²) in [6, 6.07) is 15.8. The summed E-state index contributed by atoms with van der Waals surface area (Å²) in [5, 5.41) is 6.24. The summed E-state index contributed by atoms with van der Waals surface area (Å²) in [6.07, 6.45) is -3.05. The van der Waals surface area contributed by atoms with Gasteiger partial charge in [0.05, 0.1) is 18.4 Å². The van der Waals surface area contributed by atoms with E-state index in [-0.39, 0.29) is 0 Å². The van der Waals surface area contributed by atoms with Gasteiger partial charge in [0.2, 0.25) is 0 Å². The van der Waals surface area contributed by atoms with Gasteiger partial charge in [0.25, 0.3) is 5.91 Å². The number of hydrogen-bond donors (Lipinski definition) is 1. The molecule has 1 aromatic heterocycles. The number of nitrogens with zero attached hydrogens (tertiary/aromatic N) is 2. The van der Waals surface area contributed by atoms with Crippen molar-refractivity contribution in [3.8, 4) is 5.75 Å². The molecule has 1 heterocycles. The number of anilines is 1. The molecule has 1 amide bonds. The van der Waals surface area contributed by atoms with Crippen LogP contribution in [-0.4, -0.2) is 22.3 Å². The van der Waals surface area contributed by atoms with Gasteiger partial charge in [-0.3, -0.25) is 9.48 Å². The fraction of sp³-hybridized carbons (Fsp3) is 0.273. The first-order valence-corrected chi connectivity index (χ1v) is 9.48. The van der Waals surface area contributed by atoms with E-state index in [1.807, 2.05) is 30.3 Å². The van der Waals surface area contributed by atoms with Gasteiger partial charge in [0.1, 0.15) is 5.75 Å². The second-order valence-electron chi connectivity index (χ2n) is 7.01. The SMILES string of the molecule is CC(C)n1ncc(C(=O)Nc2cccc(OCCc3ccccc3)c2)c1C(F)(F)F. The number of alkyl halides is 3. The van der Waals surface area contributed by atoms with Gasteiger partial charge >= 0.3 is 6.18 Å². The van der Waals surface area contributed by atoms with E-state index in [4.69, 9.17) is 4.74 Å². The van der Waals surface area contributed by atoms with Crippen molar-refractivity contribution in [3.63, 3.8) is 0 Å². The number of carbonyl (C=O) groups is 1. The monoisotopic (exact) mass is 417 g/mol. The van der Waals surface area contributed by atoms with Gasteiger partial charge in [-0.2, -0.15) is 18.3 Å². The largest absolute Gasteiger partial charge is 0.493 e. The highest BCUT2D eigenvalue weighted by Gasteiger charge is 2.40. The first-order chi connectivity index (χ1) is 14.3. The maximum atomic E-state index is 13.5. The molecule has 0 aliphatic heterocycles. The predicted molar refractivity (Wildman–Crippen MR) is 108 cm³/mol. The average molecular weight is 417 g/mol. The molecule has 30 heavy (non-hydrogen) atoms. The number of hydrogen-bond acceptors (Lipinski definition) is 3. The number of ether oxygens (including phenoxy) is 1. The van der Waals surface area contributed by atoms with Crippen LogP contribution in [0.3, 0.4) is 0 Å². The molecule has 0 bridgehead atoms. The summed E-state index contributed by atoms with van der Waals surface area (Å²) in [5.74, 6) is -0.367. The van der Waals surface area contributed by atoms with Crippen LogP contribution in [0.5, 0.6) is 5.75 Å². The standard InChI is InChI=1S/C22H22F3N3O2/c1-15(2)28-20(22(23,24)25)19(14-26-28)21(29)27-17-9-6-10-18(13-17)30-12-11-16-7-4-3-5-8-16/h3-10,13-15H,11-12H2,1-2H3,(H,27,29). The number of nitrogens with one attached hydrogen (secondary N) is 1. The summed E-state index contributed by atoms with van der Waals surface area (Å²) in [7, 11) is 0. The quantitative estimate of drug-likeness (QED) is 0.563. The number of amides is 1. The zero-order chi connectivity index (χ0) is 21.7. The molecule has 2 aromatic carbocycles. The van der Waals surface area contributed by atoms with Gasteiger partial charge in [0.15, 0.2) is 5.69 Å². The highest BCUT2D eigenvalue weighted by molar-refractivity contribution is 6.05. The van der Waals surface area contributed by atoms with E-state index in [0.717, 1.165) is 16.4 Å². The molecule has 0 spiro atoms. The van der Waals surface area contributed by atoms with Gasteiger partial charge in [0, 0.05) is 24.2 Å². The van der Waals surface area contributed by atoms with E-state index in [1.165, 1.54) is 0 Å². The first kappa shape index (κ1) is 21.4. The molecule has 3 rings (SSSR count). The zero-order valence-corrected chi connectivity index (χ0v) is 16.6. The van der Waals surface area contributed by atoms with Gasteiger partial charge in [-0.05, 0) is 31.5 Å². The van der Waals surface area contributed by atoms with Crippen LogP contribution in [0.25, 0.3) is 0 Å². The van der Waals surface area contributed by atoms with Crippen molar-refractivity contribution in [2.45, 2.75) is 32.5 Å². The minimum absolute atomic E-state index is 0.336. The van der Waals surface area contributed by atoms with Crippen molar-refractivity contribution in [1.82, 2.24) is 9.78 Å². The Morgan fingerprint density at radius 3 is 2.53 bits per heavy atom. The highest BCUT2D eigenvalue weighted by Crippen LogP contribution is 2.34. The molecule has 0 atom stereocenters. The molecule has 0 saturated carbocycles. The molecular formula is C22H22F3N3O2. The number of benzene rings is 2. The Labute approximate surface area is 172 Å². The van der Waals surface area contributed by atoms with E-state index < -0.39 is 29.4 Å². The fourth-order valence-electron chi connectivity index (χ4n) is 3.00. The summed E-state index contributed by atoms with van der Waals surface area (Å²) in [4.78, 5) is 12.5. The van der Waals surface area contributed by atoms with E-state index in [2.05, 4.69) is 10.4 Å². The second kappa shape index (κ2) is 9.02. The molecule has 0 saturated heterocycles. The van der Waals surface area contributed by atoms with Crippen molar-refractivity contribution < 1.29 is 22.7 Å². The highest BCUT2D eigenvalue weighted by atomic mass is 19.4. The van der Waals surface area contributed by atoms with Crippen molar-refractivity contribution in [2.24, 2.45) is 0 Å². The topological polar surface area (TPSA) is 56.2 Å². The molecule has 0 fully saturated rings. The van der Waals surface area contributed by atoms with E-state index in [9.17, 15) is 18.0 Å². The van der Waals surface area contributed by atoms with Gasteiger partial charge in [-0.15, -0.1) is 0 Å². The Hall–Kier alpha value is -3.29. The van der Waals surface area contributed by atoms with E-state index in [0.29, 0.717) is 24.5 Å². The minimum atomic E-state index is -4.70. The summed E-state index contributed by atoms with van der Waals surface area (Å²) >= 11 is 0. The molecule has 0 unspecified atom stereocenters. The maximum Gasteiger partial charge on any atom is 0.433 e. The van der Waals surface area contributed by atoms with Crippen molar-refractivity contribution in [3.05, 3.63) is 77.6 Å². The van der Waals surface area contributed by atoms with E-state index in [1.54, 1.807) is 38.1 Å². The molecule has 5 nitrogen and oxygen atoms in total. The summed E-state index contributed by atoms with van der Waals surface area (Å²) in [5.41, 5.74) is -0.122. The van der Waals surface area contributed by atoms with Crippen LogP contribution in [0.2, 0.25) is 0 Å². The van der Waals surface area contributed by atoms with Crippen molar-refractivity contribution >= 4 is 11.6 Å². The van der Waals surface area contributed by atoms with Crippen molar-refractivity contribution in [2.75, 3.05) is 11.9 Å². The molecule has 0 radical (unpaired) electrons. The van der Waals surface area contributed by atoms with Crippen LogP contribution in [0.15, 0.2) is 60.8 Å². The van der Waals surface area contributed by atoms with Gasteiger partial charge < -0.3 is 10.1 Å². The lowest BCUT2D eigenvalue weighted by molar-refractivity contribution is -0.145. The molecule has 3 aromatic rings. The van der Waals surface area contributed by atoms with Crippen LogP contribution in [0.4, 0.5) is 18.9 Å². The number of rotatable bonds is 7. The Kier molecular flexibility index (Phi) is 6.44. The van der Waals surface area contributed by atoms with Crippen LogP contribution in [0, 0.1) is 0 Å². The van der Waals surface area contributed by atoms with Gasteiger partial charge in [-0.1, -0.05) is 36.4 Å². The molecule has 0 aliphatic carbocycles. The van der Waals surface area contributed by atoms with Crippen LogP contribution in [-0.2, 0) is 12.6 Å². The molecule has 8 heteroatoms. The Balaban J connectivity index is 1.70. The van der Waals surface area contributed by atoms with E-state index >= 15 is 0 Å². The van der Waals surface area contributed by atoms with Crippen LogP contribution in [0.1, 0.15) is 41.5 Å². The first-order valence-electron chi connectivity index (χ1n) is 9.48. The van der Waals surface area contributed by atoms with Crippen LogP contribution < -0.4 is 10.1 Å². The Morgan fingerprint density at radius 2 is 1.87 bits per heavy atom. The number of halogens is 3. The lowest BCUT2D eigenvalue weighted by Gasteiger charge is -2.15. The third-order valence-corrected chi connectivity index (χ3v) is 4.39. The molecule has 158 valence electrons. The third-order valence-electron chi connectivity index (χ3n) is 4.39. The molecular weight excluding hydrogens is 395 g/mol. The lowest BCUT2D eigenvalue weighted by Crippen LogP contribution is -2.22. The predicted octanol–water partition coefficient (Wildman–Crippen LogP) is 5.36. The molecule has 1 N–H and O–H groups in total. The summed E-state index contributed by atoms with van der Waals surface area (Å²) < 4.78 is 47.0. The third kappa shape index (κ3) is 5.20. The second-order valence-corrected chi connectivity index (χ2v) is 7.01. The normalized spacial score (nSPS) is 11.5. The van der Waals surface area contributed by atoms with Gasteiger partial charge in [-0.25, -0.2) is 0 Å². The number of carbonyl (C=O) groups excluding carboxylic acids is 1. The Bertz CT molecular complexity index is 998. The van der Waals surface area contributed by atoms with Crippen molar-refractivity contribution in [1.29, 1.82) is 0 Å². The molecule has 0 aliphatic rings. The fourth-order valence-corrected chi connectivity index (χ4v) is 3.00. The summed E-state index contributed by atoms with van der Waals surface area (Å²) in [6.45, 7) is 3.57. The average Bonchev–Trinajstić information content (AvgIpc) is 3.15. The maximum absolute atomic E-state index is 13.5. The smallest absolute Gasteiger partial charge is 0.433 e. The zero-order valence-electron chi connectivity index (χ0n) is 16.6.